The minimum atomic E-state index is -1.25. The van der Waals surface area contributed by atoms with Gasteiger partial charge in [0.2, 0.25) is 11.8 Å². The molecular formula is C16H30N2O10. The second-order valence-electron chi connectivity index (χ2n) is 5.48. The highest BCUT2D eigenvalue weighted by atomic mass is 16.5. The van der Waals surface area contributed by atoms with E-state index in [4.69, 9.17) is 28.8 Å². The lowest BCUT2D eigenvalue weighted by Gasteiger charge is -2.19. The Morgan fingerprint density at radius 2 is 1.50 bits per heavy atom. The SMILES string of the molecule is COCCOCC(=O)NCC(NC(=O)COCCOC)C(=O)OCC(O)CO. The van der Waals surface area contributed by atoms with Crippen molar-refractivity contribution in [3.8, 4) is 0 Å². The summed E-state index contributed by atoms with van der Waals surface area (Å²) in [6.45, 7) is -0.826. The lowest BCUT2D eigenvalue weighted by molar-refractivity contribution is -0.151. The summed E-state index contributed by atoms with van der Waals surface area (Å²) >= 11 is 0. The highest BCUT2D eigenvalue weighted by molar-refractivity contribution is 5.86. The molecule has 0 radical (unpaired) electrons. The number of aliphatic hydroxyl groups is 2. The van der Waals surface area contributed by atoms with Crippen LogP contribution in [0.2, 0.25) is 0 Å². The van der Waals surface area contributed by atoms with E-state index in [9.17, 15) is 19.5 Å². The van der Waals surface area contributed by atoms with Crippen LogP contribution in [-0.4, -0.2) is 114 Å². The molecule has 0 saturated heterocycles. The van der Waals surface area contributed by atoms with E-state index in [0.717, 1.165) is 0 Å². The molecule has 0 aromatic heterocycles. The van der Waals surface area contributed by atoms with Crippen LogP contribution in [0.1, 0.15) is 0 Å². The van der Waals surface area contributed by atoms with Crippen LogP contribution in [0.4, 0.5) is 0 Å². The molecule has 0 aromatic rings. The van der Waals surface area contributed by atoms with E-state index in [1.807, 2.05) is 0 Å². The Labute approximate surface area is 163 Å². The number of esters is 1. The Hall–Kier alpha value is -1.83. The first-order chi connectivity index (χ1) is 13.4. The molecule has 2 atom stereocenters. The average molecular weight is 410 g/mol. The number of carbonyl (C=O) groups excluding carboxylic acids is 3. The van der Waals surface area contributed by atoms with Gasteiger partial charge in [-0.15, -0.1) is 0 Å². The number of hydrogen-bond donors (Lipinski definition) is 4. The zero-order valence-electron chi connectivity index (χ0n) is 16.2. The van der Waals surface area contributed by atoms with Crippen molar-refractivity contribution in [2.75, 3.05) is 73.6 Å². The fraction of sp³-hybridized carbons (Fsp3) is 0.812. The first-order valence-electron chi connectivity index (χ1n) is 8.59. The Morgan fingerprint density at radius 3 is 2.04 bits per heavy atom. The Balaban J connectivity index is 4.50. The zero-order chi connectivity index (χ0) is 21.2. The topological polar surface area (TPSA) is 162 Å². The number of rotatable bonds is 17. The molecule has 0 rings (SSSR count). The van der Waals surface area contributed by atoms with Crippen molar-refractivity contribution in [1.82, 2.24) is 10.6 Å². The van der Waals surface area contributed by atoms with Crippen molar-refractivity contribution in [3.05, 3.63) is 0 Å². The molecule has 12 heteroatoms. The van der Waals surface area contributed by atoms with E-state index >= 15 is 0 Å². The van der Waals surface area contributed by atoms with Gasteiger partial charge in [-0.25, -0.2) is 4.79 Å². The molecule has 0 fully saturated rings. The maximum absolute atomic E-state index is 12.1. The fourth-order valence-electron chi connectivity index (χ4n) is 1.64. The quantitative estimate of drug-likeness (QED) is 0.142. The molecule has 2 amide bonds. The maximum atomic E-state index is 12.1. The normalized spacial score (nSPS) is 12.9. The van der Waals surface area contributed by atoms with Crippen LogP contribution in [0.25, 0.3) is 0 Å². The third-order valence-electron chi connectivity index (χ3n) is 3.08. The molecule has 0 bridgehead atoms. The van der Waals surface area contributed by atoms with Crippen molar-refractivity contribution < 1.29 is 48.3 Å². The first-order valence-corrected chi connectivity index (χ1v) is 8.59. The van der Waals surface area contributed by atoms with Crippen molar-refractivity contribution in [1.29, 1.82) is 0 Å². The summed E-state index contributed by atoms with van der Waals surface area (Å²) in [5, 5.41) is 22.8. The fourth-order valence-corrected chi connectivity index (χ4v) is 1.64. The van der Waals surface area contributed by atoms with Crippen LogP contribution < -0.4 is 10.6 Å². The third kappa shape index (κ3) is 14.3. The molecular weight excluding hydrogens is 380 g/mol. The second-order valence-corrected chi connectivity index (χ2v) is 5.48. The van der Waals surface area contributed by atoms with E-state index in [1.165, 1.54) is 14.2 Å². The highest BCUT2D eigenvalue weighted by Gasteiger charge is 2.24. The van der Waals surface area contributed by atoms with E-state index in [1.54, 1.807) is 0 Å². The van der Waals surface area contributed by atoms with Gasteiger partial charge in [-0.05, 0) is 0 Å². The third-order valence-corrected chi connectivity index (χ3v) is 3.08. The number of ether oxygens (including phenoxy) is 5. The molecule has 0 heterocycles. The Kier molecular flexibility index (Phi) is 16.2. The van der Waals surface area contributed by atoms with E-state index in [0.29, 0.717) is 13.2 Å². The predicted octanol–water partition coefficient (Wildman–Crippen LogP) is -3.19. The van der Waals surface area contributed by atoms with Crippen molar-refractivity contribution >= 4 is 17.8 Å². The molecule has 4 N–H and O–H groups in total. The zero-order valence-corrected chi connectivity index (χ0v) is 16.2. The van der Waals surface area contributed by atoms with Gasteiger partial charge in [0.05, 0.1) is 33.0 Å². The summed E-state index contributed by atoms with van der Waals surface area (Å²) in [7, 11) is 2.98. The number of amides is 2. The summed E-state index contributed by atoms with van der Waals surface area (Å²) in [5.74, 6) is -2.00. The van der Waals surface area contributed by atoms with Crippen LogP contribution >= 0.6 is 0 Å². The second kappa shape index (κ2) is 17.3. The molecule has 0 spiro atoms. The molecule has 28 heavy (non-hydrogen) atoms. The van der Waals surface area contributed by atoms with Crippen LogP contribution in [0.15, 0.2) is 0 Å². The van der Waals surface area contributed by atoms with Crippen molar-refractivity contribution in [2.45, 2.75) is 12.1 Å². The van der Waals surface area contributed by atoms with Gasteiger partial charge in [0, 0.05) is 20.8 Å². The molecule has 2 unspecified atom stereocenters. The lowest BCUT2D eigenvalue weighted by atomic mass is 10.2. The summed E-state index contributed by atoms with van der Waals surface area (Å²) < 4.78 is 24.5. The number of carbonyl (C=O) groups is 3. The minimum Gasteiger partial charge on any atom is -0.461 e. The number of aliphatic hydroxyl groups excluding tert-OH is 2. The number of nitrogens with one attached hydrogen (secondary N) is 2. The van der Waals surface area contributed by atoms with Crippen LogP contribution in [0.3, 0.4) is 0 Å². The van der Waals surface area contributed by atoms with Crippen LogP contribution in [0, 0.1) is 0 Å². The Morgan fingerprint density at radius 1 is 0.929 bits per heavy atom. The monoisotopic (exact) mass is 410 g/mol. The molecule has 0 aromatic carbocycles. The van der Waals surface area contributed by atoms with E-state index in [-0.39, 0.29) is 33.0 Å². The number of hydrogen-bond acceptors (Lipinski definition) is 10. The largest absolute Gasteiger partial charge is 0.461 e. The standard InChI is InChI=1S/C16H30N2O10/c1-24-3-5-26-10-14(21)17-7-13(16(23)28-9-12(20)8-19)18-15(22)11-27-6-4-25-2/h12-13,19-20H,3-11H2,1-2H3,(H,17,21)(H,18,22). The minimum absolute atomic E-state index is 0.192. The van der Waals surface area contributed by atoms with Gasteiger partial charge < -0.3 is 44.5 Å². The van der Waals surface area contributed by atoms with Gasteiger partial charge in [-0.1, -0.05) is 0 Å². The lowest BCUT2D eigenvalue weighted by Crippen LogP contribution is -2.51. The van der Waals surface area contributed by atoms with E-state index in [2.05, 4.69) is 10.6 Å². The number of methoxy groups -OCH3 is 2. The van der Waals surface area contributed by atoms with Gasteiger partial charge in [-0.3, -0.25) is 9.59 Å². The summed E-state index contributed by atoms with van der Waals surface area (Å²) in [6.07, 6.45) is -1.25. The predicted molar refractivity (Wildman–Crippen MR) is 94.4 cm³/mol. The smallest absolute Gasteiger partial charge is 0.330 e. The molecule has 0 aliphatic carbocycles. The van der Waals surface area contributed by atoms with Gasteiger partial charge in [0.25, 0.3) is 0 Å². The average Bonchev–Trinajstić information content (AvgIpc) is 2.69. The van der Waals surface area contributed by atoms with Gasteiger partial charge in [0.1, 0.15) is 32.0 Å². The van der Waals surface area contributed by atoms with Gasteiger partial charge in [-0.2, -0.15) is 0 Å². The summed E-state index contributed by atoms with van der Waals surface area (Å²) in [4.78, 5) is 35.7. The molecule has 0 aliphatic rings. The van der Waals surface area contributed by atoms with Gasteiger partial charge in [0.15, 0.2) is 0 Å². The molecule has 164 valence electrons. The highest BCUT2D eigenvalue weighted by Crippen LogP contribution is 1.93. The molecule has 0 aliphatic heterocycles. The summed E-state index contributed by atoms with van der Waals surface area (Å²) in [5.41, 5.74) is 0. The van der Waals surface area contributed by atoms with Gasteiger partial charge >= 0.3 is 5.97 Å². The van der Waals surface area contributed by atoms with Crippen molar-refractivity contribution in [2.24, 2.45) is 0 Å². The first kappa shape index (κ1) is 26.2. The molecule has 0 saturated carbocycles. The van der Waals surface area contributed by atoms with Crippen LogP contribution in [0.5, 0.6) is 0 Å². The maximum Gasteiger partial charge on any atom is 0.330 e. The Bertz CT molecular complexity index is 449. The summed E-state index contributed by atoms with van der Waals surface area (Å²) in [6, 6.07) is -1.22. The van der Waals surface area contributed by atoms with Crippen molar-refractivity contribution in [3.63, 3.8) is 0 Å². The molecule has 12 nitrogen and oxygen atoms in total. The van der Waals surface area contributed by atoms with E-state index < -0.39 is 43.1 Å². The van der Waals surface area contributed by atoms with Crippen LogP contribution in [-0.2, 0) is 38.1 Å².